The summed E-state index contributed by atoms with van der Waals surface area (Å²) in [6, 6.07) is 4.75. The predicted molar refractivity (Wildman–Crippen MR) is 70.9 cm³/mol. The molecule has 100 valence electrons. The van der Waals surface area contributed by atoms with Crippen molar-refractivity contribution in [3.8, 4) is 5.75 Å². The number of benzene rings is 1. The van der Waals surface area contributed by atoms with Crippen LogP contribution in [0.1, 0.15) is 44.6 Å². The zero-order valence-corrected chi connectivity index (χ0v) is 11.0. The Hall–Kier alpha value is -1.09. The van der Waals surface area contributed by atoms with E-state index >= 15 is 0 Å². The molecule has 1 aromatic carbocycles. The molecule has 0 spiro atoms. The van der Waals surface area contributed by atoms with E-state index in [2.05, 4.69) is 12.2 Å². The first-order valence-electron chi connectivity index (χ1n) is 6.87. The molecule has 2 atom stereocenters. The van der Waals surface area contributed by atoms with E-state index in [1.54, 1.807) is 6.07 Å². The highest BCUT2D eigenvalue weighted by molar-refractivity contribution is 5.28. The second-order valence-corrected chi connectivity index (χ2v) is 5.42. The quantitative estimate of drug-likeness (QED) is 0.805. The van der Waals surface area contributed by atoms with Gasteiger partial charge in [-0.2, -0.15) is 0 Å². The van der Waals surface area contributed by atoms with Gasteiger partial charge in [-0.25, -0.2) is 4.39 Å². The first-order chi connectivity index (χ1) is 8.65. The van der Waals surface area contributed by atoms with Gasteiger partial charge in [-0.3, -0.25) is 0 Å². The van der Waals surface area contributed by atoms with Gasteiger partial charge in [0.15, 0.2) is 0 Å². The van der Waals surface area contributed by atoms with Crippen LogP contribution in [0.15, 0.2) is 18.2 Å². The molecule has 0 amide bonds. The number of hydrogen-bond donors (Lipinski definition) is 2. The van der Waals surface area contributed by atoms with Crippen LogP contribution in [0.2, 0.25) is 0 Å². The molecule has 0 aliphatic heterocycles. The molecular formula is C15H22FNO. The van der Waals surface area contributed by atoms with Crippen LogP contribution in [0.5, 0.6) is 5.75 Å². The molecule has 1 aromatic rings. The first kappa shape index (κ1) is 13.3. The smallest absolute Gasteiger partial charge is 0.127 e. The summed E-state index contributed by atoms with van der Waals surface area (Å²) in [4.78, 5) is 0. The van der Waals surface area contributed by atoms with Crippen LogP contribution in [0.4, 0.5) is 4.39 Å². The Kier molecular flexibility index (Phi) is 4.59. The van der Waals surface area contributed by atoms with Crippen LogP contribution in [-0.2, 0) is 6.54 Å². The Labute approximate surface area is 108 Å². The Balaban J connectivity index is 1.93. The highest BCUT2D eigenvalue weighted by atomic mass is 19.1. The molecule has 2 unspecified atom stereocenters. The summed E-state index contributed by atoms with van der Waals surface area (Å²) in [6.45, 7) is 2.91. The van der Waals surface area contributed by atoms with Crippen molar-refractivity contribution in [2.75, 3.05) is 0 Å². The summed E-state index contributed by atoms with van der Waals surface area (Å²) in [7, 11) is 0. The highest BCUT2D eigenvalue weighted by Crippen LogP contribution is 2.23. The van der Waals surface area contributed by atoms with Gasteiger partial charge < -0.3 is 10.4 Å². The fraction of sp³-hybridized carbons (Fsp3) is 0.600. The molecule has 0 bridgehead atoms. The fourth-order valence-corrected chi connectivity index (χ4v) is 2.78. The van der Waals surface area contributed by atoms with Crippen LogP contribution in [0.3, 0.4) is 0 Å². The molecule has 0 saturated heterocycles. The van der Waals surface area contributed by atoms with Crippen LogP contribution in [0.25, 0.3) is 0 Å². The lowest BCUT2D eigenvalue weighted by atomic mass is 9.97. The number of halogens is 1. The molecule has 2 rings (SSSR count). The third-order valence-electron chi connectivity index (χ3n) is 3.87. The van der Waals surface area contributed by atoms with Crippen molar-refractivity contribution in [2.24, 2.45) is 5.92 Å². The van der Waals surface area contributed by atoms with Crippen molar-refractivity contribution >= 4 is 0 Å². The molecule has 1 aliphatic carbocycles. The summed E-state index contributed by atoms with van der Waals surface area (Å²) in [5.41, 5.74) is 0.809. The van der Waals surface area contributed by atoms with E-state index in [1.165, 1.54) is 38.2 Å². The fourth-order valence-electron chi connectivity index (χ4n) is 2.78. The van der Waals surface area contributed by atoms with Gasteiger partial charge in [-0.05, 0) is 36.5 Å². The van der Waals surface area contributed by atoms with E-state index in [0.717, 1.165) is 11.6 Å². The van der Waals surface area contributed by atoms with Gasteiger partial charge in [0.05, 0.1) is 0 Å². The van der Waals surface area contributed by atoms with Gasteiger partial charge in [-0.1, -0.05) is 26.2 Å². The SMILES string of the molecule is CC1CCCCCC1NCc1cc(O)cc(F)c1. The number of nitrogens with one attached hydrogen (secondary N) is 1. The van der Waals surface area contributed by atoms with E-state index in [4.69, 9.17) is 0 Å². The first-order valence-corrected chi connectivity index (χ1v) is 6.87. The average Bonchev–Trinajstić information content (AvgIpc) is 2.50. The molecule has 1 fully saturated rings. The van der Waals surface area contributed by atoms with E-state index in [-0.39, 0.29) is 11.6 Å². The van der Waals surface area contributed by atoms with Crippen molar-refractivity contribution in [1.82, 2.24) is 5.32 Å². The van der Waals surface area contributed by atoms with E-state index < -0.39 is 0 Å². The topological polar surface area (TPSA) is 32.3 Å². The molecule has 3 heteroatoms. The second-order valence-electron chi connectivity index (χ2n) is 5.42. The lowest BCUT2D eigenvalue weighted by Crippen LogP contribution is -2.33. The van der Waals surface area contributed by atoms with Crippen molar-refractivity contribution < 1.29 is 9.50 Å². The van der Waals surface area contributed by atoms with Gasteiger partial charge in [-0.15, -0.1) is 0 Å². The Morgan fingerprint density at radius 3 is 2.78 bits per heavy atom. The molecule has 0 heterocycles. The minimum Gasteiger partial charge on any atom is -0.508 e. The number of phenols is 1. The number of phenolic OH excluding ortho intramolecular Hbond substituents is 1. The standard InChI is InChI=1S/C15H22FNO/c1-11-5-3-2-4-6-15(11)17-10-12-7-13(16)9-14(18)8-12/h7-9,11,15,17-18H,2-6,10H2,1H3. The molecule has 0 aromatic heterocycles. The summed E-state index contributed by atoms with van der Waals surface area (Å²) < 4.78 is 13.1. The molecule has 0 radical (unpaired) electrons. The highest BCUT2D eigenvalue weighted by Gasteiger charge is 2.19. The molecule has 2 N–H and O–H groups in total. The van der Waals surface area contributed by atoms with Gasteiger partial charge >= 0.3 is 0 Å². The Bertz CT molecular complexity index is 374. The second kappa shape index (κ2) is 6.19. The molecular weight excluding hydrogens is 229 g/mol. The van der Waals surface area contributed by atoms with Crippen LogP contribution in [0, 0.1) is 11.7 Å². The third kappa shape index (κ3) is 3.70. The third-order valence-corrected chi connectivity index (χ3v) is 3.87. The predicted octanol–water partition coefficient (Wildman–Crippen LogP) is 3.59. The zero-order valence-electron chi connectivity index (χ0n) is 11.0. The molecule has 18 heavy (non-hydrogen) atoms. The maximum atomic E-state index is 13.1. The molecule has 1 saturated carbocycles. The van der Waals surface area contributed by atoms with E-state index in [0.29, 0.717) is 18.5 Å². The largest absolute Gasteiger partial charge is 0.508 e. The van der Waals surface area contributed by atoms with Gasteiger partial charge in [0.25, 0.3) is 0 Å². The number of hydrogen-bond acceptors (Lipinski definition) is 2. The Morgan fingerprint density at radius 1 is 1.22 bits per heavy atom. The van der Waals surface area contributed by atoms with Gasteiger partial charge in [0.2, 0.25) is 0 Å². The normalized spacial score (nSPS) is 24.8. The number of aromatic hydroxyl groups is 1. The minimum atomic E-state index is -0.374. The summed E-state index contributed by atoms with van der Waals surface area (Å²) in [6.07, 6.45) is 6.38. The van der Waals surface area contributed by atoms with Crippen molar-refractivity contribution in [3.05, 3.63) is 29.6 Å². The summed E-state index contributed by atoms with van der Waals surface area (Å²) in [5, 5.41) is 12.9. The average molecular weight is 251 g/mol. The summed E-state index contributed by atoms with van der Waals surface area (Å²) in [5.74, 6) is 0.302. The zero-order chi connectivity index (χ0) is 13.0. The van der Waals surface area contributed by atoms with Gasteiger partial charge in [0.1, 0.15) is 11.6 Å². The van der Waals surface area contributed by atoms with E-state index in [1.807, 2.05) is 0 Å². The maximum absolute atomic E-state index is 13.1. The Morgan fingerprint density at radius 2 is 2.00 bits per heavy atom. The van der Waals surface area contributed by atoms with Crippen LogP contribution < -0.4 is 5.32 Å². The molecule has 2 nitrogen and oxygen atoms in total. The lowest BCUT2D eigenvalue weighted by molar-refractivity contribution is 0.355. The van der Waals surface area contributed by atoms with E-state index in [9.17, 15) is 9.50 Å². The molecule has 1 aliphatic rings. The number of rotatable bonds is 3. The van der Waals surface area contributed by atoms with Crippen LogP contribution in [-0.4, -0.2) is 11.1 Å². The van der Waals surface area contributed by atoms with Crippen molar-refractivity contribution in [3.63, 3.8) is 0 Å². The summed E-state index contributed by atoms with van der Waals surface area (Å²) >= 11 is 0. The van der Waals surface area contributed by atoms with Crippen molar-refractivity contribution in [1.29, 1.82) is 0 Å². The minimum absolute atomic E-state index is 0.000662. The monoisotopic (exact) mass is 251 g/mol. The van der Waals surface area contributed by atoms with Gasteiger partial charge in [0, 0.05) is 18.7 Å². The lowest BCUT2D eigenvalue weighted by Gasteiger charge is -2.23. The maximum Gasteiger partial charge on any atom is 0.127 e. The van der Waals surface area contributed by atoms with Crippen LogP contribution >= 0.6 is 0 Å². The van der Waals surface area contributed by atoms with Crippen molar-refractivity contribution in [2.45, 2.75) is 51.6 Å².